The van der Waals surface area contributed by atoms with Gasteiger partial charge in [-0.2, -0.15) is 11.8 Å². The van der Waals surface area contributed by atoms with Crippen LogP contribution >= 0.6 is 11.8 Å². The number of rotatable bonds is 2. The molecule has 0 aliphatic carbocycles. The Morgan fingerprint density at radius 3 is 3.00 bits per heavy atom. The number of nitrogens with zero attached hydrogens (tertiary/aromatic N) is 1. The first kappa shape index (κ1) is 14.4. The molecule has 4 nitrogen and oxygen atoms in total. The summed E-state index contributed by atoms with van der Waals surface area (Å²) in [5.74, 6) is 2.29. The first-order chi connectivity index (χ1) is 9.70. The van der Waals surface area contributed by atoms with Gasteiger partial charge in [-0.05, 0) is 49.3 Å². The van der Waals surface area contributed by atoms with Crippen molar-refractivity contribution in [2.45, 2.75) is 41.6 Å². The van der Waals surface area contributed by atoms with Crippen LogP contribution < -0.4 is 5.73 Å². The predicted molar refractivity (Wildman–Crippen MR) is 83.3 cm³/mol. The van der Waals surface area contributed by atoms with Crippen molar-refractivity contribution in [3.8, 4) is 0 Å². The number of thioether (sulfide) groups is 1. The average molecular weight is 312 g/mol. The van der Waals surface area contributed by atoms with E-state index in [9.17, 15) is 4.21 Å². The van der Waals surface area contributed by atoms with Gasteiger partial charge in [0.05, 0.1) is 22.1 Å². The van der Waals surface area contributed by atoms with Crippen LogP contribution in [0.4, 0.5) is 5.69 Å². The molecule has 1 aromatic heterocycles. The maximum atomic E-state index is 12.8. The van der Waals surface area contributed by atoms with Crippen molar-refractivity contribution >= 4 is 28.2 Å². The van der Waals surface area contributed by atoms with Gasteiger partial charge in [0.2, 0.25) is 0 Å². The normalized spacial score (nSPS) is 27.3. The molecule has 6 heteroatoms. The SMILES string of the molecule is Nc1cccnc1S(=O)C1CCOC2(CCSCC2)C1. The molecule has 0 saturated carbocycles. The van der Waals surface area contributed by atoms with Crippen molar-refractivity contribution in [2.75, 3.05) is 23.8 Å². The summed E-state index contributed by atoms with van der Waals surface area (Å²) in [6.45, 7) is 0.702. The van der Waals surface area contributed by atoms with Gasteiger partial charge in [0.1, 0.15) is 5.03 Å². The van der Waals surface area contributed by atoms with Gasteiger partial charge in [0.15, 0.2) is 0 Å². The predicted octanol–water partition coefficient (Wildman–Crippen LogP) is 2.22. The Labute approximate surface area is 126 Å². The summed E-state index contributed by atoms with van der Waals surface area (Å²) in [6, 6.07) is 3.55. The third kappa shape index (κ3) is 2.87. The van der Waals surface area contributed by atoms with Crippen molar-refractivity contribution < 1.29 is 8.95 Å². The van der Waals surface area contributed by atoms with E-state index in [0.717, 1.165) is 37.2 Å². The van der Waals surface area contributed by atoms with Crippen LogP contribution in [0.25, 0.3) is 0 Å². The summed E-state index contributed by atoms with van der Waals surface area (Å²) < 4.78 is 18.8. The summed E-state index contributed by atoms with van der Waals surface area (Å²) in [4.78, 5) is 4.22. The number of hydrogen-bond donors (Lipinski definition) is 1. The maximum absolute atomic E-state index is 12.8. The number of nitrogens with two attached hydrogens (primary N) is 1. The Morgan fingerprint density at radius 1 is 1.45 bits per heavy atom. The Morgan fingerprint density at radius 2 is 2.25 bits per heavy atom. The molecular formula is C14H20N2O2S2. The van der Waals surface area contributed by atoms with E-state index in [2.05, 4.69) is 4.98 Å². The van der Waals surface area contributed by atoms with Crippen molar-refractivity contribution in [1.82, 2.24) is 4.98 Å². The second kappa shape index (κ2) is 6.03. The molecule has 2 N–H and O–H groups in total. The Bertz CT molecular complexity index is 498. The van der Waals surface area contributed by atoms with Gasteiger partial charge >= 0.3 is 0 Å². The number of hydrogen-bond acceptors (Lipinski definition) is 5. The molecule has 2 aliphatic rings. The molecule has 0 amide bonds. The Kier molecular flexibility index (Phi) is 4.33. The third-order valence-electron chi connectivity index (χ3n) is 4.15. The van der Waals surface area contributed by atoms with E-state index in [4.69, 9.17) is 10.5 Å². The lowest BCUT2D eigenvalue weighted by Crippen LogP contribution is -2.45. The van der Waals surface area contributed by atoms with Crippen LogP contribution in [0.2, 0.25) is 0 Å². The van der Waals surface area contributed by atoms with Gasteiger partial charge in [-0.25, -0.2) is 4.98 Å². The van der Waals surface area contributed by atoms with E-state index in [-0.39, 0.29) is 10.9 Å². The smallest absolute Gasteiger partial charge is 0.150 e. The summed E-state index contributed by atoms with van der Waals surface area (Å²) in [6.07, 6.45) is 5.51. The lowest BCUT2D eigenvalue weighted by molar-refractivity contribution is -0.0809. The van der Waals surface area contributed by atoms with Crippen molar-refractivity contribution in [3.05, 3.63) is 18.3 Å². The van der Waals surface area contributed by atoms with Crippen LogP contribution in [0.3, 0.4) is 0 Å². The standard InChI is InChI=1S/C14H20N2O2S2/c15-12-2-1-6-16-13(12)20(17)11-3-7-18-14(10-11)4-8-19-9-5-14/h1-2,6,11H,3-5,7-10,15H2. The number of anilines is 1. The molecule has 2 fully saturated rings. The van der Waals surface area contributed by atoms with Crippen molar-refractivity contribution in [3.63, 3.8) is 0 Å². The third-order valence-corrected chi connectivity index (χ3v) is 6.86. The topological polar surface area (TPSA) is 65.2 Å². The molecule has 0 aromatic carbocycles. The van der Waals surface area contributed by atoms with Crippen LogP contribution in [-0.2, 0) is 15.5 Å². The Hall–Kier alpha value is -0.590. The molecule has 0 radical (unpaired) electrons. The van der Waals surface area contributed by atoms with Crippen LogP contribution in [0, 0.1) is 0 Å². The minimum atomic E-state index is -1.13. The molecule has 110 valence electrons. The maximum Gasteiger partial charge on any atom is 0.150 e. The van der Waals surface area contributed by atoms with Crippen molar-refractivity contribution in [2.24, 2.45) is 0 Å². The molecule has 1 spiro atoms. The first-order valence-corrected chi connectivity index (χ1v) is 9.40. The first-order valence-electron chi connectivity index (χ1n) is 7.03. The van der Waals surface area contributed by atoms with Crippen LogP contribution in [0.5, 0.6) is 0 Å². The largest absolute Gasteiger partial charge is 0.396 e. The van der Waals surface area contributed by atoms with E-state index in [1.807, 2.05) is 11.8 Å². The van der Waals surface area contributed by atoms with Gasteiger partial charge in [-0.3, -0.25) is 4.21 Å². The van der Waals surface area contributed by atoms with Gasteiger partial charge < -0.3 is 10.5 Å². The molecular weight excluding hydrogens is 292 g/mol. The molecule has 0 bridgehead atoms. The fourth-order valence-electron chi connectivity index (χ4n) is 2.99. The highest BCUT2D eigenvalue weighted by atomic mass is 32.2. The van der Waals surface area contributed by atoms with Crippen LogP contribution in [0.1, 0.15) is 25.7 Å². The Balaban J connectivity index is 1.77. The number of ether oxygens (including phenoxy) is 1. The van der Waals surface area contributed by atoms with Crippen LogP contribution in [0.15, 0.2) is 23.4 Å². The lowest BCUT2D eigenvalue weighted by Gasteiger charge is -2.42. The van der Waals surface area contributed by atoms with Gasteiger partial charge in [0, 0.05) is 18.1 Å². The molecule has 20 heavy (non-hydrogen) atoms. The van der Waals surface area contributed by atoms with Gasteiger partial charge in [0.25, 0.3) is 0 Å². The zero-order valence-corrected chi connectivity index (χ0v) is 13.0. The van der Waals surface area contributed by atoms with E-state index >= 15 is 0 Å². The van der Waals surface area contributed by atoms with Crippen LogP contribution in [-0.4, -0.2) is 38.2 Å². The molecule has 2 atom stereocenters. The second-order valence-corrected chi connectivity index (χ2v) is 8.33. The number of pyridine rings is 1. The minimum Gasteiger partial charge on any atom is -0.396 e. The number of nitrogen functional groups attached to an aromatic ring is 1. The van der Waals surface area contributed by atoms with Gasteiger partial charge in [-0.1, -0.05) is 0 Å². The fourth-order valence-corrected chi connectivity index (χ4v) is 5.77. The average Bonchev–Trinajstić information content (AvgIpc) is 2.48. The highest BCUT2D eigenvalue weighted by Gasteiger charge is 2.41. The number of aromatic nitrogens is 1. The summed E-state index contributed by atoms with van der Waals surface area (Å²) in [5.41, 5.74) is 6.39. The highest BCUT2D eigenvalue weighted by Crippen LogP contribution is 2.39. The monoisotopic (exact) mass is 312 g/mol. The van der Waals surface area contributed by atoms with Gasteiger partial charge in [-0.15, -0.1) is 0 Å². The summed E-state index contributed by atoms with van der Waals surface area (Å²) in [7, 11) is -1.13. The molecule has 3 rings (SSSR count). The summed E-state index contributed by atoms with van der Waals surface area (Å²) >= 11 is 1.98. The summed E-state index contributed by atoms with van der Waals surface area (Å²) in [5, 5.41) is 0.656. The van der Waals surface area contributed by atoms with E-state index in [1.54, 1.807) is 18.3 Å². The fraction of sp³-hybridized carbons (Fsp3) is 0.643. The highest BCUT2D eigenvalue weighted by molar-refractivity contribution is 7.99. The second-order valence-electron chi connectivity index (χ2n) is 5.45. The zero-order valence-electron chi connectivity index (χ0n) is 11.4. The van der Waals surface area contributed by atoms with E-state index in [0.29, 0.717) is 17.3 Å². The molecule has 2 saturated heterocycles. The van der Waals surface area contributed by atoms with E-state index in [1.165, 1.54) is 0 Å². The molecule has 2 unspecified atom stereocenters. The lowest BCUT2D eigenvalue weighted by atomic mass is 9.88. The molecule has 1 aromatic rings. The molecule has 3 heterocycles. The zero-order chi connectivity index (χ0) is 14.0. The minimum absolute atomic E-state index is 0.0482. The van der Waals surface area contributed by atoms with Crippen molar-refractivity contribution in [1.29, 1.82) is 0 Å². The molecule has 2 aliphatic heterocycles. The quantitative estimate of drug-likeness (QED) is 0.907. The van der Waals surface area contributed by atoms with E-state index < -0.39 is 10.8 Å².